The van der Waals surface area contributed by atoms with E-state index in [2.05, 4.69) is 0 Å². The molecule has 0 spiro atoms. The van der Waals surface area contributed by atoms with Gasteiger partial charge in [0, 0.05) is 0 Å². The van der Waals surface area contributed by atoms with Crippen molar-refractivity contribution >= 4 is 12.9 Å². The van der Waals surface area contributed by atoms with Gasteiger partial charge in [0.05, 0.1) is 0 Å². The third-order valence-corrected chi connectivity index (χ3v) is 2.00. The van der Waals surface area contributed by atoms with Gasteiger partial charge in [0.2, 0.25) is 0 Å². The monoisotopic (exact) mass is 234 g/mol. The van der Waals surface area contributed by atoms with E-state index in [4.69, 9.17) is 0 Å². The van der Waals surface area contributed by atoms with Crippen LogP contribution in [0.1, 0.15) is 0 Å². The van der Waals surface area contributed by atoms with Gasteiger partial charge in [0.1, 0.15) is 0 Å². The van der Waals surface area contributed by atoms with E-state index in [1.54, 1.807) is 6.07 Å². The molecule has 0 N–H and O–H groups in total. The molecule has 0 aliphatic carbocycles. The average Bonchev–Trinajstić information content (AvgIpc) is 1.88. The zero-order chi connectivity index (χ0) is 7.61. The first-order chi connectivity index (χ1) is 4.61. The molecule has 0 atom stereocenters. The van der Waals surface area contributed by atoms with Gasteiger partial charge in [-0.05, 0) is 12.9 Å². The Labute approximate surface area is 156 Å². The Morgan fingerprint density at radius 3 is 1.67 bits per heavy atom. The molecule has 0 amide bonds. The van der Waals surface area contributed by atoms with Crippen LogP contribution in [0.5, 0.6) is 0 Å². The van der Waals surface area contributed by atoms with Crippen LogP contribution >= 0.6 is 7.60 Å². The van der Waals surface area contributed by atoms with Crippen molar-refractivity contribution in [2.24, 2.45) is 0 Å². The van der Waals surface area contributed by atoms with Crippen molar-refractivity contribution in [1.82, 2.24) is 0 Å². The molecule has 0 radical (unpaired) electrons. The van der Waals surface area contributed by atoms with Gasteiger partial charge in [0.25, 0.3) is 0 Å². The van der Waals surface area contributed by atoms with E-state index in [0.29, 0.717) is 0 Å². The Bertz CT molecular complexity index is 259. The number of hydrogen-bond acceptors (Lipinski definition) is 3. The summed E-state index contributed by atoms with van der Waals surface area (Å²) in [5.41, 5.74) is 0. The summed E-state index contributed by atoms with van der Waals surface area (Å²) < 4.78 is 10.3. The van der Waals surface area contributed by atoms with Gasteiger partial charge in [-0.15, -0.1) is 0 Å². The maximum Gasteiger partial charge on any atom is 1.00 e. The molecule has 0 aromatic heterocycles. The summed E-state index contributed by atoms with van der Waals surface area (Å²) in [6, 6.07) is 7.23. The van der Waals surface area contributed by atoms with E-state index in [0.717, 1.165) is 0 Å². The summed E-state index contributed by atoms with van der Waals surface area (Å²) in [6.45, 7) is 0. The van der Waals surface area contributed by atoms with Crippen molar-refractivity contribution in [1.29, 1.82) is 0 Å². The van der Waals surface area contributed by atoms with Crippen LogP contribution in [0.3, 0.4) is 0 Å². The Hall–Kier alpha value is 2.64. The molecule has 54 valence electrons. The van der Waals surface area contributed by atoms with Crippen LogP contribution in [0.4, 0.5) is 0 Å². The van der Waals surface area contributed by atoms with Gasteiger partial charge >= 0.3 is 103 Å². The molecular weight excluding hydrogens is 229 g/mol. The largest absolute Gasteiger partial charge is 1.00 e. The van der Waals surface area contributed by atoms with E-state index in [-0.39, 0.29) is 108 Å². The van der Waals surface area contributed by atoms with Gasteiger partial charge in [0.15, 0.2) is 0 Å². The van der Waals surface area contributed by atoms with Crippen LogP contribution in [-0.2, 0) is 4.57 Å². The molecule has 12 heavy (non-hydrogen) atoms. The Morgan fingerprint density at radius 1 is 1.00 bits per heavy atom. The predicted octanol–water partition coefficient (Wildman–Crippen LogP) is -6.77. The third-order valence-electron chi connectivity index (χ3n) is 1.07. The summed E-state index contributed by atoms with van der Waals surface area (Å²) >= 11 is 0. The van der Waals surface area contributed by atoms with Crippen molar-refractivity contribution in [2.45, 2.75) is 0 Å². The Balaban J connectivity index is 0. The first kappa shape index (κ1) is 17.1. The molecule has 0 fully saturated rings. The van der Waals surface area contributed by atoms with Crippen LogP contribution in [0.2, 0.25) is 0 Å². The Kier molecular flexibility index (Phi) is 11.2. The van der Waals surface area contributed by atoms with E-state index >= 15 is 0 Å². The van der Waals surface area contributed by atoms with E-state index in [1.165, 1.54) is 24.3 Å². The predicted molar refractivity (Wildman–Crippen MR) is 33.7 cm³/mol. The van der Waals surface area contributed by atoms with E-state index < -0.39 is 7.60 Å². The average molecular weight is 234 g/mol. The van der Waals surface area contributed by atoms with Crippen LogP contribution < -0.4 is 118 Å². The molecule has 1 aromatic rings. The van der Waals surface area contributed by atoms with Crippen molar-refractivity contribution < 1.29 is 117 Å². The van der Waals surface area contributed by atoms with Crippen molar-refractivity contribution in [3.05, 3.63) is 30.3 Å². The van der Waals surface area contributed by atoms with Crippen LogP contribution in [-0.4, -0.2) is 0 Å². The van der Waals surface area contributed by atoms with E-state index in [9.17, 15) is 14.4 Å². The van der Waals surface area contributed by atoms with Crippen LogP contribution in [0.25, 0.3) is 0 Å². The summed E-state index contributed by atoms with van der Waals surface area (Å²) in [5, 5.41) is -0.157. The third kappa shape index (κ3) is 6.19. The first-order valence-corrected chi connectivity index (χ1v) is 4.22. The number of rotatable bonds is 1. The maximum absolute atomic E-state index is 10.3. The molecule has 3 nitrogen and oxygen atoms in total. The summed E-state index contributed by atoms with van der Waals surface area (Å²) in [7, 11) is -4.52. The smallest absolute Gasteiger partial charge is 0.807 e. The van der Waals surface area contributed by atoms with Crippen molar-refractivity contribution in [2.75, 3.05) is 0 Å². The standard InChI is InChI=1S/C6H7O3P.2K/c7-10(8,9)6-4-2-1-3-5-6;;/h1-5H,(H2,7,8,9);;/q;2*+1/p-2. The molecule has 1 aromatic carbocycles. The SMILES string of the molecule is O=P([O-])([O-])c1ccccc1.[K+].[K+]. The molecule has 0 saturated carbocycles. The second-order valence-corrected chi connectivity index (χ2v) is 3.34. The fourth-order valence-electron chi connectivity index (χ4n) is 0.611. The molecule has 0 heterocycles. The molecule has 0 aliphatic rings. The maximum atomic E-state index is 10.3. The van der Waals surface area contributed by atoms with Gasteiger partial charge in [-0.3, -0.25) is 0 Å². The fourth-order valence-corrected chi connectivity index (χ4v) is 1.15. The number of benzene rings is 1. The molecular formula is C6H5K2O3P. The fraction of sp³-hybridized carbons (Fsp3) is 0. The molecule has 0 saturated heterocycles. The van der Waals surface area contributed by atoms with E-state index in [1.807, 2.05) is 0 Å². The minimum absolute atomic E-state index is 0. The molecule has 0 unspecified atom stereocenters. The number of hydrogen-bond donors (Lipinski definition) is 0. The summed E-state index contributed by atoms with van der Waals surface area (Å²) in [6.07, 6.45) is 0. The zero-order valence-electron chi connectivity index (χ0n) is 7.06. The van der Waals surface area contributed by atoms with Gasteiger partial charge < -0.3 is 14.4 Å². The van der Waals surface area contributed by atoms with Gasteiger partial charge in [-0.1, -0.05) is 30.3 Å². The Morgan fingerprint density at radius 2 is 1.42 bits per heavy atom. The molecule has 1 rings (SSSR count). The molecule has 6 heteroatoms. The topological polar surface area (TPSA) is 63.2 Å². The summed E-state index contributed by atoms with van der Waals surface area (Å²) in [5.74, 6) is 0. The van der Waals surface area contributed by atoms with Crippen LogP contribution in [0, 0.1) is 0 Å². The van der Waals surface area contributed by atoms with Gasteiger partial charge in [-0.2, -0.15) is 0 Å². The minimum atomic E-state index is -4.52. The molecule has 0 bridgehead atoms. The second-order valence-electron chi connectivity index (χ2n) is 1.83. The van der Waals surface area contributed by atoms with Gasteiger partial charge in [-0.25, -0.2) is 0 Å². The first-order valence-electron chi connectivity index (χ1n) is 2.68. The molecule has 0 aliphatic heterocycles. The minimum Gasteiger partial charge on any atom is -0.807 e. The summed E-state index contributed by atoms with van der Waals surface area (Å²) in [4.78, 5) is 20.6. The zero-order valence-corrected chi connectivity index (χ0v) is 14.2. The second kappa shape index (κ2) is 7.87. The normalized spacial score (nSPS) is 9.50. The quantitative estimate of drug-likeness (QED) is 0.358. The van der Waals surface area contributed by atoms with Crippen molar-refractivity contribution in [3.63, 3.8) is 0 Å². The van der Waals surface area contributed by atoms with Crippen LogP contribution in [0.15, 0.2) is 30.3 Å². The van der Waals surface area contributed by atoms with Crippen molar-refractivity contribution in [3.8, 4) is 0 Å².